The molecule has 2 heteroatoms. The third-order valence-corrected chi connectivity index (χ3v) is 3.32. The first kappa shape index (κ1) is 12.9. The van der Waals surface area contributed by atoms with Gasteiger partial charge in [-0.2, -0.15) is 0 Å². The minimum atomic E-state index is 0.518. The minimum absolute atomic E-state index is 0.518. The van der Waals surface area contributed by atoms with Crippen LogP contribution in [-0.4, -0.2) is 31.3 Å². The molecule has 0 N–H and O–H groups in total. The molecule has 0 aliphatic heterocycles. The maximum atomic E-state index is 10.4. The summed E-state index contributed by atoms with van der Waals surface area (Å²) in [7, 11) is 1.98. The zero-order valence-electron chi connectivity index (χ0n) is 10.7. The molecule has 0 aliphatic carbocycles. The standard InChI is InChI=1S/C14H21NO/c1-11-5-6-14(13(3)12(11)2)7-8-15(4)9-10-16/h5-6,10H,7-9H2,1-4H3. The van der Waals surface area contributed by atoms with Crippen molar-refractivity contribution in [3.63, 3.8) is 0 Å². The fraction of sp³-hybridized carbons (Fsp3) is 0.500. The van der Waals surface area contributed by atoms with Gasteiger partial charge in [0.15, 0.2) is 0 Å². The van der Waals surface area contributed by atoms with Crippen LogP contribution >= 0.6 is 0 Å². The van der Waals surface area contributed by atoms with Gasteiger partial charge in [0.2, 0.25) is 0 Å². The number of rotatable bonds is 5. The predicted octanol–water partition coefficient (Wildman–Crippen LogP) is 2.29. The number of aryl methyl sites for hydroxylation is 1. The summed E-state index contributed by atoms with van der Waals surface area (Å²) in [6, 6.07) is 4.38. The third-order valence-electron chi connectivity index (χ3n) is 3.32. The van der Waals surface area contributed by atoms with Gasteiger partial charge in [-0.25, -0.2) is 0 Å². The second-order valence-electron chi connectivity index (χ2n) is 4.47. The van der Waals surface area contributed by atoms with Gasteiger partial charge in [-0.05, 0) is 56.5 Å². The average Bonchev–Trinajstić information content (AvgIpc) is 2.25. The Morgan fingerprint density at radius 3 is 2.50 bits per heavy atom. The molecule has 0 heterocycles. The van der Waals surface area contributed by atoms with Gasteiger partial charge in [-0.15, -0.1) is 0 Å². The molecular weight excluding hydrogens is 198 g/mol. The van der Waals surface area contributed by atoms with Crippen LogP contribution in [0, 0.1) is 20.8 Å². The monoisotopic (exact) mass is 219 g/mol. The quantitative estimate of drug-likeness (QED) is 0.708. The molecule has 2 nitrogen and oxygen atoms in total. The van der Waals surface area contributed by atoms with Crippen LogP contribution in [0.3, 0.4) is 0 Å². The lowest BCUT2D eigenvalue weighted by Crippen LogP contribution is -2.23. The highest BCUT2D eigenvalue weighted by molar-refractivity contribution is 5.51. The van der Waals surface area contributed by atoms with E-state index in [1.54, 1.807) is 0 Å². The summed E-state index contributed by atoms with van der Waals surface area (Å²) in [5.41, 5.74) is 5.51. The SMILES string of the molecule is Cc1ccc(CCN(C)CC=O)c(C)c1C. The van der Waals surface area contributed by atoms with E-state index in [1.807, 2.05) is 11.9 Å². The summed E-state index contributed by atoms with van der Waals surface area (Å²) in [6.45, 7) is 7.94. The van der Waals surface area contributed by atoms with Gasteiger partial charge in [-0.1, -0.05) is 12.1 Å². The molecule has 1 aromatic carbocycles. The summed E-state index contributed by atoms with van der Waals surface area (Å²) in [5.74, 6) is 0. The van der Waals surface area contributed by atoms with Gasteiger partial charge in [0.05, 0.1) is 6.54 Å². The molecule has 0 radical (unpaired) electrons. The van der Waals surface area contributed by atoms with Crippen LogP contribution in [0.1, 0.15) is 22.3 Å². The molecule has 0 amide bonds. The number of hydrogen-bond acceptors (Lipinski definition) is 2. The summed E-state index contributed by atoms with van der Waals surface area (Å²) in [6.07, 6.45) is 1.96. The predicted molar refractivity (Wildman–Crippen MR) is 67.9 cm³/mol. The van der Waals surface area contributed by atoms with E-state index in [0.29, 0.717) is 6.54 Å². The van der Waals surface area contributed by atoms with Crippen LogP contribution in [0.25, 0.3) is 0 Å². The highest BCUT2D eigenvalue weighted by atomic mass is 16.1. The Balaban J connectivity index is 2.68. The Morgan fingerprint density at radius 2 is 1.88 bits per heavy atom. The molecule has 0 unspecified atom stereocenters. The lowest BCUT2D eigenvalue weighted by molar-refractivity contribution is -0.108. The van der Waals surface area contributed by atoms with E-state index in [1.165, 1.54) is 22.3 Å². The van der Waals surface area contributed by atoms with Crippen LogP contribution in [-0.2, 0) is 11.2 Å². The first-order valence-electron chi connectivity index (χ1n) is 5.74. The van der Waals surface area contributed by atoms with Crippen molar-refractivity contribution in [2.45, 2.75) is 27.2 Å². The first-order valence-corrected chi connectivity index (χ1v) is 5.74. The number of carbonyl (C=O) groups excluding carboxylic acids is 1. The van der Waals surface area contributed by atoms with Crippen LogP contribution < -0.4 is 0 Å². The smallest absolute Gasteiger partial charge is 0.133 e. The zero-order valence-corrected chi connectivity index (χ0v) is 10.7. The van der Waals surface area contributed by atoms with E-state index in [2.05, 4.69) is 32.9 Å². The maximum absolute atomic E-state index is 10.4. The van der Waals surface area contributed by atoms with E-state index >= 15 is 0 Å². The third kappa shape index (κ3) is 3.17. The normalized spacial score (nSPS) is 10.8. The zero-order chi connectivity index (χ0) is 12.1. The lowest BCUT2D eigenvalue weighted by Gasteiger charge is -2.15. The first-order chi connectivity index (χ1) is 7.56. The van der Waals surface area contributed by atoms with E-state index in [-0.39, 0.29) is 0 Å². The number of benzene rings is 1. The average molecular weight is 219 g/mol. The van der Waals surface area contributed by atoms with Gasteiger partial charge >= 0.3 is 0 Å². The summed E-state index contributed by atoms with van der Waals surface area (Å²) < 4.78 is 0. The van der Waals surface area contributed by atoms with E-state index in [9.17, 15) is 4.79 Å². The lowest BCUT2D eigenvalue weighted by atomic mass is 9.97. The van der Waals surface area contributed by atoms with Crippen molar-refractivity contribution >= 4 is 6.29 Å². The fourth-order valence-electron chi connectivity index (χ4n) is 1.81. The molecule has 0 saturated carbocycles. The van der Waals surface area contributed by atoms with Gasteiger partial charge < -0.3 is 4.79 Å². The second-order valence-corrected chi connectivity index (χ2v) is 4.47. The topological polar surface area (TPSA) is 20.3 Å². The van der Waals surface area contributed by atoms with Crippen molar-refractivity contribution in [3.05, 3.63) is 34.4 Å². The highest BCUT2D eigenvalue weighted by Gasteiger charge is 2.04. The Labute approximate surface area is 98.3 Å². The number of likely N-dealkylation sites (N-methyl/N-ethyl adjacent to an activating group) is 1. The van der Waals surface area contributed by atoms with Crippen molar-refractivity contribution in [1.82, 2.24) is 4.90 Å². The Hall–Kier alpha value is -1.15. The Kier molecular flexibility index (Phi) is 4.69. The number of aldehydes is 1. The molecule has 0 saturated heterocycles. The number of nitrogens with zero attached hydrogens (tertiary/aromatic N) is 1. The van der Waals surface area contributed by atoms with E-state index in [4.69, 9.17) is 0 Å². The number of carbonyl (C=O) groups is 1. The molecule has 88 valence electrons. The van der Waals surface area contributed by atoms with Gasteiger partial charge in [0.25, 0.3) is 0 Å². The molecule has 0 spiro atoms. The van der Waals surface area contributed by atoms with E-state index in [0.717, 1.165) is 19.3 Å². The minimum Gasteiger partial charge on any atom is -0.302 e. The fourth-order valence-corrected chi connectivity index (χ4v) is 1.81. The van der Waals surface area contributed by atoms with Crippen molar-refractivity contribution in [2.75, 3.05) is 20.1 Å². The molecule has 0 aliphatic rings. The number of hydrogen-bond donors (Lipinski definition) is 0. The van der Waals surface area contributed by atoms with Crippen molar-refractivity contribution in [1.29, 1.82) is 0 Å². The molecule has 0 atom stereocenters. The maximum Gasteiger partial charge on any atom is 0.133 e. The Morgan fingerprint density at radius 1 is 1.19 bits per heavy atom. The van der Waals surface area contributed by atoms with Crippen molar-refractivity contribution in [2.24, 2.45) is 0 Å². The van der Waals surface area contributed by atoms with Crippen LogP contribution in [0.2, 0.25) is 0 Å². The van der Waals surface area contributed by atoms with Gasteiger partial charge in [0, 0.05) is 6.54 Å². The Bertz CT molecular complexity index is 371. The summed E-state index contributed by atoms with van der Waals surface area (Å²) in [5, 5.41) is 0. The van der Waals surface area contributed by atoms with Crippen LogP contribution in [0.5, 0.6) is 0 Å². The molecule has 0 bridgehead atoms. The van der Waals surface area contributed by atoms with Crippen molar-refractivity contribution < 1.29 is 4.79 Å². The summed E-state index contributed by atoms with van der Waals surface area (Å²) >= 11 is 0. The van der Waals surface area contributed by atoms with Crippen molar-refractivity contribution in [3.8, 4) is 0 Å². The largest absolute Gasteiger partial charge is 0.302 e. The molecule has 0 aromatic heterocycles. The van der Waals surface area contributed by atoms with Gasteiger partial charge in [0.1, 0.15) is 6.29 Å². The van der Waals surface area contributed by atoms with E-state index < -0.39 is 0 Å². The summed E-state index contributed by atoms with van der Waals surface area (Å²) in [4.78, 5) is 12.4. The molecule has 16 heavy (non-hydrogen) atoms. The molecule has 1 rings (SSSR count). The highest BCUT2D eigenvalue weighted by Crippen LogP contribution is 2.17. The second kappa shape index (κ2) is 5.80. The van der Waals surface area contributed by atoms with Gasteiger partial charge in [-0.3, -0.25) is 4.90 Å². The molecule has 1 aromatic rings. The molecule has 0 fully saturated rings. The molecular formula is C14H21NO. The van der Waals surface area contributed by atoms with Crippen LogP contribution in [0.4, 0.5) is 0 Å². The van der Waals surface area contributed by atoms with Crippen LogP contribution in [0.15, 0.2) is 12.1 Å².